The van der Waals surface area contributed by atoms with Crippen LogP contribution >= 0.6 is 11.6 Å². The van der Waals surface area contributed by atoms with Crippen LogP contribution in [0.2, 0.25) is 0 Å². The molecule has 0 rings (SSSR count). The quantitative estimate of drug-likeness (QED) is 0.536. The van der Waals surface area contributed by atoms with Crippen molar-refractivity contribution in [3.8, 4) is 0 Å². The monoisotopic (exact) mass is 133 g/mol. The van der Waals surface area contributed by atoms with E-state index in [1.165, 1.54) is 0 Å². The van der Waals surface area contributed by atoms with Gasteiger partial charge in [0.1, 0.15) is 5.38 Å². The highest BCUT2D eigenvalue weighted by Crippen LogP contribution is 2.07. The Morgan fingerprint density at radius 3 is 2.25 bits per heavy atom. The Hall–Kier alpha value is -0.0400. The van der Waals surface area contributed by atoms with E-state index in [1.807, 2.05) is 13.8 Å². The Morgan fingerprint density at radius 1 is 1.62 bits per heavy atom. The molecule has 0 saturated heterocycles. The van der Waals surface area contributed by atoms with Crippen LogP contribution in [-0.4, -0.2) is 11.7 Å². The van der Waals surface area contributed by atoms with E-state index in [-0.39, 0.29) is 0 Å². The van der Waals surface area contributed by atoms with E-state index < -0.39 is 5.38 Å². The predicted molar refractivity (Wildman–Crippen MR) is 34.8 cm³/mol. The summed E-state index contributed by atoms with van der Waals surface area (Å²) in [4.78, 5) is 9.78. The van der Waals surface area contributed by atoms with Gasteiger partial charge in [-0.2, -0.15) is 0 Å². The number of hydrogen-bond donors (Lipinski definition) is 0. The molecular weight excluding hydrogens is 124 g/mol. The molecule has 0 aliphatic rings. The summed E-state index contributed by atoms with van der Waals surface area (Å²) in [5.41, 5.74) is 0. The average molecular weight is 134 g/mol. The number of halogens is 1. The Kier molecular flexibility index (Phi) is 3.88. The van der Waals surface area contributed by atoms with Gasteiger partial charge >= 0.3 is 0 Å². The lowest BCUT2D eigenvalue weighted by Crippen LogP contribution is -2.03. The zero-order valence-electron chi connectivity index (χ0n) is 5.15. The third-order valence-electron chi connectivity index (χ3n) is 0.806. The first-order valence-corrected chi connectivity index (χ1v) is 3.12. The zero-order chi connectivity index (χ0) is 6.57. The van der Waals surface area contributed by atoms with Crippen LogP contribution in [0.5, 0.6) is 0 Å². The molecule has 1 nitrogen and oxygen atoms in total. The van der Waals surface area contributed by atoms with Crippen molar-refractivity contribution in [2.45, 2.75) is 25.6 Å². The fourth-order valence-corrected chi connectivity index (χ4v) is 0.818. The topological polar surface area (TPSA) is 17.1 Å². The molecule has 0 bridgehead atoms. The molecule has 0 aromatic rings. The molecule has 0 N–H and O–H groups in total. The summed E-state index contributed by atoms with van der Waals surface area (Å²) >= 11 is 5.44. The summed E-state index contributed by atoms with van der Waals surface area (Å²) in [7, 11) is 0. The molecule has 0 aliphatic heterocycles. The fourth-order valence-electron chi connectivity index (χ4n) is 0.462. The van der Waals surface area contributed by atoms with Crippen LogP contribution in [0.1, 0.15) is 20.3 Å². The third kappa shape index (κ3) is 4.13. The van der Waals surface area contributed by atoms with E-state index in [9.17, 15) is 4.79 Å². The van der Waals surface area contributed by atoms with Crippen molar-refractivity contribution >= 4 is 17.9 Å². The van der Waals surface area contributed by atoms with Crippen LogP contribution in [0.15, 0.2) is 0 Å². The molecule has 1 unspecified atom stereocenters. The molecule has 1 atom stereocenters. The highest BCUT2D eigenvalue weighted by molar-refractivity contribution is 6.27. The van der Waals surface area contributed by atoms with Crippen LogP contribution in [0.4, 0.5) is 0 Å². The van der Waals surface area contributed by atoms with Gasteiger partial charge in [-0.15, -0.1) is 11.6 Å². The molecule has 0 fully saturated rings. The maximum absolute atomic E-state index is 9.78. The molecule has 0 saturated carbocycles. The van der Waals surface area contributed by atoms with Gasteiger partial charge in [-0.1, -0.05) is 13.8 Å². The van der Waals surface area contributed by atoms with Gasteiger partial charge in [-0.25, -0.2) is 0 Å². The minimum Gasteiger partial charge on any atom is -0.289 e. The number of alkyl halides is 1. The lowest BCUT2D eigenvalue weighted by Gasteiger charge is -2.01. The van der Waals surface area contributed by atoms with E-state index >= 15 is 0 Å². The second kappa shape index (κ2) is 3.90. The lowest BCUT2D eigenvalue weighted by atomic mass is 10.1. The van der Waals surface area contributed by atoms with E-state index in [0.717, 1.165) is 6.42 Å². The summed E-state index contributed by atoms with van der Waals surface area (Å²) in [6, 6.07) is 0. The molecule has 8 heavy (non-hydrogen) atoms. The smallest absolute Gasteiger partial charge is 0.217 e. The van der Waals surface area contributed by atoms with Crippen molar-refractivity contribution in [3.05, 3.63) is 0 Å². The van der Waals surface area contributed by atoms with Gasteiger partial charge in [0, 0.05) is 0 Å². The van der Waals surface area contributed by atoms with Crippen molar-refractivity contribution in [3.63, 3.8) is 0 Å². The maximum atomic E-state index is 9.78. The molecular formula is C6H10ClO. The van der Waals surface area contributed by atoms with E-state index in [2.05, 4.69) is 0 Å². The van der Waals surface area contributed by atoms with Gasteiger partial charge in [0.15, 0.2) is 0 Å². The van der Waals surface area contributed by atoms with Crippen LogP contribution in [0, 0.1) is 5.92 Å². The maximum Gasteiger partial charge on any atom is 0.217 e. The normalized spacial score (nSPS) is 14.0. The molecule has 2 heteroatoms. The third-order valence-corrected chi connectivity index (χ3v) is 1.07. The average Bonchev–Trinajstić information content (AvgIpc) is 1.65. The standard InChI is InChI=1S/C6H10ClO/c1-5(2)3-6(7)4-8/h5-6H,3H2,1-2H3. The van der Waals surface area contributed by atoms with Gasteiger partial charge < -0.3 is 0 Å². The molecule has 47 valence electrons. The Balaban J connectivity index is 3.23. The summed E-state index contributed by atoms with van der Waals surface area (Å²) in [6.07, 6.45) is 2.44. The van der Waals surface area contributed by atoms with Crippen LogP contribution < -0.4 is 0 Å². The van der Waals surface area contributed by atoms with Crippen molar-refractivity contribution in [2.75, 3.05) is 0 Å². The Bertz CT molecular complexity index is 70.9. The van der Waals surface area contributed by atoms with Gasteiger partial charge in [0.2, 0.25) is 6.29 Å². The van der Waals surface area contributed by atoms with Crippen molar-refractivity contribution in [1.82, 2.24) is 0 Å². The zero-order valence-corrected chi connectivity index (χ0v) is 5.90. The molecule has 1 radical (unpaired) electrons. The van der Waals surface area contributed by atoms with E-state index in [4.69, 9.17) is 11.6 Å². The molecule has 0 aromatic heterocycles. The second-order valence-electron chi connectivity index (χ2n) is 2.21. The molecule has 0 heterocycles. The minimum atomic E-state index is -0.407. The number of hydrogen-bond acceptors (Lipinski definition) is 1. The second-order valence-corrected chi connectivity index (χ2v) is 2.74. The number of carbonyl (C=O) groups excluding carboxylic acids is 1. The van der Waals surface area contributed by atoms with Crippen LogP contribution in [0.3, 0.4) is 0 Å². The van der Waals surface area contributed by atoms with E-state index in [0.29, 0.717) is 5.92 Å². The summed E-state index contributed by atoms with van der Waals surface area (Å²) in [5, 5.41) is -0.407. The molecule has 0 spiro atoms. The minimum absolute atomic E-state index is 0.407. The van der Waals surface area contributed by atoms with Crippen molar-refractivity contribution in [1.29, 1.82) is 0 Å². The fraction of sp³-hybridized carbons (Fsp3) is 0.833. The first kappa shape index (κ1) is 7.96. The van der Waals surface area contributed by atoms with Crippen molar-refractivity contribution < 1.29 is 4.79 Å². The largest absolute Gasteiger partial charge is 0.289 e. The van der Waals surface area contributed by atoms with Crippen LogP contribution in [-0.2, 0) is 4.79 Å². The predicted octanol–water partition coefficient (Wildman–Crippen LogP) is 1.75. The highest BCUT2D eigenvalue weighted by atomic mass is 35.5. The Labute approximate surface area is 55.0 Å². The first-order chi connectivity index (χ1) is 3.66. The number of rotatable bonds is 3. The van der Waals surface area contributed by atoms with Gasteiger partial charge in [0.05, 0.1) is 0 Å². The SMILES string of the molecule is CC(C)CC(Cl)[C]=O. The highest BCUT2D eigenvalue weighted by Gasteiger charge is 2.04. The summed E-state index contributed by atoms with van der Waals surface area (Å²) < 4.78 is 0. The van der Waals surface area contributed by atoms with Crippen molar-refractivity contribution in [2.24, 2.45) is 5.92 Å². The Morgan fingerprint density at radius 2 is 2.12 bits per heavy atom. The van der Waals surface area contributed by atoms with Crippen LogP contribution in [0.25, 0.3) is 0 Å². The van der Waals surface area contributed by atoms with Gasteiger partial charge in [-0.05, 0) is 12.3 Å². The lowest BCUT2D eigenvalue weighted by molar-refractivity contribution is 0.533. The molecule has 0 aromatic carbocycles. The summed E-state index contributed by atoms with van der Waals surface area (Å²) in [5.74, 6) is 0.485. The van der Waals surface area contributed by atoms with Gasteiger partial charge in [-0.3, -0.25) is 4.79 Å². The molecule has 0 aliphatic carbocycles. The van der Waals surface area contributed by atoms with E-state index in [1.54, 1.807) is 6.29 Å². The summed E-state index contributed by atoms with van der Waals surface area (Å²) in [6.45, 7) is 4.04. The first-order valence-electron chi connectivity index (χ1n) is 2.68. The van der Waals surface area contributed by atoms with Gasteiger partial charge in [0.25, 0.3) is 0 Å². The molecule has 0 amide bonds.